The molecule has 0 spiro atoms. The van der Waals surface area contributed by atoms with Crippen LogP contribution in [0.3, 0.4) is 0 Å². The Bertz CT molecular complexity index is 370. The van der Waals surface area contributed by atoms with Crippen molar-refractivity contribution in [1.29, 1.82) is 0 Å². The van der Waals surface area contributed by atoms with E-state index in [2.05, 4.69) is 15.2 Å². The number of esters is 1. The SMILES string of the molecule is COC(=O)c1nn(C)c2c1NCCC2. The number of hydrogen-bond acceptors (Lipinski definition) is 4. The average molecular weight is 195 g/mol. The predicted octanol–water partition coefficient (Wildman–Crippen LogP) is 0.565. The maximum Gasteiger partial charge on any atom is 0.360 e. The molecule has 0 bridgehead atoms. The molecule has 0 atom stereocenters. The maximum atomic E-state index is 11.4. The number of rotatable bonds is 1. The average Bonchev–Trinajstić information content (AvgIpc) is 2.56. The van der Waals surface area contributed by atoms with Crippen LogP contribution in [0.15, 0.2) is 0 Å². The smallest absolute Gasteiger partial charge is 0.360 e. The molecule has 2 rings (SSSR count). The first-order chi connectivity index (χ1) is 6.74. The molecule has 5 nitrogen and oxygen atoms in total. The highest BCUT2D eigenvalue weighted by Gasteiger charge is 2.23. The lowest BCUT2D eigenvalue weighted by Gasteiger charge is -2.14. The topological polar surface area (TPSA) is 56.1 Å². The molecule has 0 aromatic carbocycles. The zero-order valence-electron chi connectivity index (χ0n) is 8.33. The van der Waals surface area contributed by atoms with Crippen molar-refractivity contribution < 1.29 is 9.53 Å². The summed E-state index contributed by atoms with van der Waals surface area (Å²) in [7, 11) is 3.21. The fourth-order valence-electron chi connectivity index (χ4n) is 1.74. The van der Waals surface area contributed by atoms with Crippen LogP contribution in [0.4, 0.5) is 5.69 Å². The van der Waals surface area contributed by atoms with E-state index < -0.39 is 0 Å². The molecule has 0 amide bonds. The molecular formula is C9H13N3O2. The maximum absolute atomic E-state index is 11.4. The fraction of sp³-hybridized carbons (Fsp3) is 0.556. The molecule has 0 fully saturated rings. The zero-order valence-corrected chi connectivity index (χ0v) is 8.33. The van der Waals surface area contributed by atoms with Gasteiger partial charge in [-0.2, -0.15) is 5.10 Å². The van der Waals surface area contributed by atoms with Gasteiger partial charge in [-0.15, -0.1) is 0 Å². The van der Waals surface area contributed by atoms with E-state index in [9.17, 15) is 4.79 Å². The van der Waals surface area contributed by atoms with E-state index in [1.165, 1.54) is 7.11 Å². The van der Waals surface area contributed by atoms with Crippen molar-refractivity contribution in [2.75, 3.05) is 19.0 Å². The second-order valence-electron chi connectivity index (χ2n) is 3.32. The first kappa shape index (κ1) is 9.05. The van der Waals surface area contributed by atoms with Crippen molar-refractivity contribution in [3.8, 4) is 0 Å². The van der Waals surface area contributed by atoms with Crippen molar-refractivity contribution >= 4 is 11.7 Å². The van der Waals surface area contributed by atoms with Crippen molar-refractivity contribution in [1.82, 2.24) is 9.78 Å². The van der Waals surface area contributed by atoms with Crippen LogP contribution in [0.2, 0.25) is 0 Å². The van der Waals surface area contributed by atoms with E-state index in [1.54, 1.807) is 4.68 Å². The van der Waals surface area contributed by atoms with Crippen molar-refractivity contribution in [3.63, 3.8) is 0 Å². The molecule has 1 aliphatic rings. The van der Waals surface area contributed by atoms with Crippen molar-refractivity contribution in [3.05, 3.63) is 11.4 Å². The zero-order chi connectivity index (χ0) is 10.1. The highest BCUT2D eigenvalue weighted by atomic mass is 16.5. The Morgan fingerprint density at radius 1 is 1.64 bits per heavy atom. The van der Waals surface area contributed by atoms with Crippen LogP contribution in [0.5, 0.6) is 0 Å². The standard InChI is InChI=1S/C9H13N3O2/c1-12-6-4-3-5-10-7(6)8(11-12)9(13)14-2/h10H,3-5H2,1-2H3. The number of anilines is 1. The molecule has 0 radical (unpaired) electrons. The number of methoxy groups -OCH3 is 1. The predicted molar refractivity (Wildman–Crippen MR) is 51.4 cm³/mol. The minimum atomic E-state index is -0.378. The van der Waals surface area contributed by atoms with Gasteiger partial charge < -0.3 is 10.1 Å². The lowest BCUT2D eigenvalue weighted by molar-refractivity contribution is 0.0594. The number of carbonyl (C=O) groups is 1. The van der Waals surface area contributed by atoms with Gasteiger partial charge >= 0.3 is 5.97 Å². The van der Waals surface area contributed by atoms with Gasteiger partial charge in [-0.05, 0) is 12.8 Å². The molecule has 1 N–H and O–H groups in total. The molecule has 14 heavy (non-hydrogen) atoms. The largest absolute Gasteiger partial charge is 0.464 e. The molecule has 5 heteroatoms. The minimum absolute atomic E-state index is 0.378. The third-order valence-corrected chi connectivity index (χ3v) is 2.44. The molecule has 0 saturated heterocycles. The molecule has 0 saturated carbocycles. The van der Waals surface area contributed by atoms with E-state index in [1.807, 2.05) is 7.05 Å². The monoisotopic (exact) mass is 195 g/mol. The molecule has 76 valence electrons. The summed E-state index contributed by atoms with van der Waals surface area (Å²) in [6, 6.07) is 0. The summed E-state index contributed by atoms with van der Waals surface area (Å²) < 4.78 is 6.40. The van der Waals surface area contributed by atoms with Gasteiger partial charge in [-0.25, -0.2) is 4.79 Å². The van der Waals surface area contributed by atoms with Gasteiger partial charge in [0.15, 0.2) is 5.69 Å². The number of fused-ring (bicyclic) bond motifs is 1. The molecule has 1 aliphatic heterocycles. The molecule has 0 unspecified atom stereocenters. The summed E-state index contributed by atoms with van der Waals surface area (Å²) in [6.07, 6.45) is 2.04. The van der Waals surface area contributed by atoms with Crippen LogP contribution in [0.1, 0.15) is 22.6 Å². The Kier molecular flexibility index (Phi) is 2.15. The van der Waals surface area contributed by atoms with Gasteiger partial charge in [0.2, 0.25) is 0 Å². The van der Waals surface area contributed by atoms with Gasteiger partial charge in [0.25, 0.3) is 0 Å². The van der Waals surface area contributed by atoms with E-state index in [0.29, 0.717) is 5.69 Å². The molecule has 2 heterocycles. The molecule has 0 aliphatic carbocycles. The van der Waals surface area contributed by atoms with Crippen LogP contribution in [0.25, 0.3) is 0 Å². The van der Waals surface area contributed by atoms with Gasteiger partial charge in [-0.1, -0.05) is 0 Å². The van der Waals surface area contributed by atoms with Gasteiger partial charge in [0.05, 0.1) is 18.5 Å². The number of nitrogens with zero attached hydrogens (tertiary/aromatic N) is 2. The number of nitrogens with one attached hydrogen (secondary N) is 1. The molecule has 1 aromatic heterocycles. The molecular weight excluding hydrogens is 182 g/mol. The number of carbonyl (C=O) groups excluding carboxylic acids is 1. The summed E-state index contributed by atoms with van der Waals surface area (Å²) in [5.41, 5.74) is 2.31. The third-order valence-electron chi connectivity index (χ3n) is 2.44. The Morgan fingerprint density at radius 2 is 2.43 bits per heavy atom. The summed E-state index contributed by atoms with van der Waals surface area (Å²) in [4.78, 5) is 11.4. The quantitative estimate of drug-likeness (QED) is 0.665. The first-order valence-corrected chi connectivity index (χ1v) is 4.62. The van der Waals surface area contributed by atoms with Gasteiger partial charge in [0.1, 0.15) is 0 Å². The van der Waals surface area contributed by atoms with Crippen LogP contribution < -0.4 is 5.32 Å². The summed E-state index contributed by atoms with van der Waals surface area (Å²) >= 11 is 0. The lowest BCUT2D eigenvalue weighted by atomic mass is 10.1. The fourth-order valence-corrected chi connectivity index (χ4v) is 1.74. The Hall–Kier alpha value is -1.52. The number of ether oxygens (including phenoxy) is 1. The van der Waals surface area contributed by atoms with Gasteiger partial charge in [0, 0.05) is 13.6 Å². The highest BCUT2D eigenvalue weighted by molar-refractivity contribution is 5.94. The number of aryl methyl sites for hydroxylation is 1. The number of hydrogen-bond donors (Lipinski definition) is 1. The van der Waals surface area contributed by atoms with Crippen LogP contribution in [0, 0.1) is 0 Å². The van der Waals surface area contributed by atoms with Crippen molar-refractivity contribution in [2.45, 2.75) is 12.8 Å². The van der Waals surface area contributed by atoms with E-state index in [4.69, 9.17) is 0 Å². The minimum Gasteiger partial charge on any atom is -0.464 e. The summed E-state index contributed by atoms with van der Waals surface area (Å²) in [5, 5.41) is 7.33. The van der Waals surface area contributed by atoms with Crippen LogP contribution in [-0.4, -0.2) is 29.4 Å². The summed E-state index contributed by atoms with van der Waals surface area (Å²) in [6.45, 7) is 0.892. The Balaban J connectivity index is 2.46. The van der Waals surface area contributed by atoms with E-state index in [-0.39, 0.29) is 5.97 Å². The summed E-state index contributed by atoms with van der Waals surface area (Å²) in [5.74, 6) is -0.378. The van der Waals surface area contributed by atoms with E-state index >= 15 is 0 Å². The Labute approximate surface area is 82.0 Å². The highest BCUT2D eigenvalue weighted by Crippen LogP contribution is 2.25. The third kappa shape index (κ3) is 1.25. The first-order valence-electron chi connectivity index (χ1n) is 4.62. The second kappa shape index (κ2) is 3.32. The lowest BCUT2D eigenvalue weighted by Crippen LogP contribution is -2.14. The van der Waals surface area contributed by atoms with Crippen LogP contribution >= 0.6 is 0 Å². The molecule has 1 aromatic rings. The van der Waals surface area contributed by atoms with Crippen molar-refractivity contribution in [2.24, 2.45) is 7.05 Å². The van der Waals surface area contributed by atoms with Gasteiger partial charge in [-0.3, -0.25) is 4.68 Å². The second-order valence-corrected chi connectivity index (χ2v) is 3.32. The van der Waals surface area contributed by atoms with E-state index in [0.717, 1.165) is 30.8 Å². The normalized spacial score (nSPS) is 14.4. The number of aromatic nitrogens is 2. The van der Waals surface area contributed by atoms with Crippen LogP contribution in [-0.2, 0) is 18.2 Å². The Morgan fingerprint density at radius 3 is 3.14 bits per heavy atom.